The van der Waals surface area contributed by atoms with Crippen LogP contribution in [0.3, 0.4) is 0 Å². The fourth-order valence-electron chi connectivity index (χ4n) is 3.33. The van der Waals surface area contributed by atoms with Crippen molar-refractivity contribution >= 4 is 50.7 Å². The number of nitrogens with one attached hydrogen (secondary N) is 1. The highest BCUT2D eigenvalue weighted by molar-refractivity contribution is 7.89. The summed E-state index contributed by atoms with van der Waals surface area (Å²) in [6, 6.07) is 10.8. The summed E-state index contributed by atoms with van der Waals surface area (Å²) in [6.07, 6.45) is 2.61. The van der Waals surface area contributed by atoms with Crippen LogP contribution in [0.1, 0.15) is 29.6 Å². The number of hydrogen-bond acceptors (Lipinski definition) is 4. The molecule has 31 heavy (non-hydrogen) atoms. The van der Waals surface area contributed by atoms with Crippen molar-refractivity contribution in [1.29, 1.82) is 0 Å². The zero-order valence-electron chi connectivity index (χ0n) is 17.0. The number of likely N-dealkylation sites (N-methyl/N-ethyl adjacent to an activating group) is 1. The Morgan fingerprint density at radius 1 is 1.03 bits per heavy atom. The highest BCUT2D eigenvalue weighted by atomic mass is 35.5. The fraction of sp³-hybridized carbons (Fsp3) is 0.333. The summed E-state index contributed by atoms with van der Waals surface area (Å²) in [6.45, 7) is 0.649. The summed E-state index contributed by atoms with van der Waals surface area (Å²) in [5, 5.41) is 3.13. The van der Waals surface area contributed by atoms with E-state index < -0.39 is 21.8 Å². The molecule has 0 saturated carbocycles. The average molecular weight is 484 g/mol. The van der Waals surface area contributed by atoms with E-state index >= 15 is 0 Å². The molecule has 1 N–H and O–H groups in total. The van der Waals surface area contributed by atoms with Gasteiger partial charge in [0.1, 0.15) is 0 Å². The molecule has 166 valence electrons. The Kier molecular flexibility index (Phi) is 7.59. The standard InChI is InChI=1S/C21H23Cl2N3O4S/c1-25(14-20(27)24-19-8-4-3-7-18(19)23)21(28)16-13-15(9-10-17(16)22)31(29,30)26-11-5-2-6-12-26/h3-4,7-10,13H,2,5-6,11-12,14H2,1H3,(H,24,27). The largest absolute Gasteiger partial charge is 0.332 e. The topological polar surface area (TPSA) is 86.8 Å². The van der Waals surface area contributed by atoms with Crippen LogP contribution in [0.4, 0.5) is 5.69 Å². The number of benzene rings is 2. The van der Waals surface area contributed by atoms with Gasteiger partial charge in [-0.15, -0.1) is 0 Å². The molecular formula is C21H23Cl2N3O4S. The number of hydrogen-bond donors (Lipinski definition) is 1. The van der Waals surface area contributed by atoms with E-state index in [0.29, 0.717) is 23.8 Å². The molecule has 0 radical (unpaired) electrons. The minimum Gasteiger partial charge on any atom is -0.332 e. The van der Waals surface area contributed by atoms with Crippen molar-refractivity contribution in [1.82, 2.24) is 9.21 Å². The second-order valence-corrected chi connectivity index (χ2v) is 10.0. The Bertz CT molecular complexity index is 1090. The molecule has 1 aliphatic rings. The first-order valence-corrected chi connectivity index (χ1v) is 12.0. The number of halogens is 2. The normalized spacial score (nSPS) is 14.8. The Morgan fingerprint density at radius 2 is 1.71 bits per heavy atom. The Balaban J connectivity index is 1.75. The van der Waals surface area contributed by atoms with E-state index in [2.05, 4.69) is 5.32 Å². The van der Waals surface area contributed by atoms with E-state index in [0.717, 1.165) is 19.3 Å². The third kappa shape index (κ3) is 5.57. The first kappa shape index (κ1) is 23.5. The highest BCUT2D eigenvalue weighted by Crippen LogP contribution is 2.26. The van der Waals surface area contributed by atoms with E-state index in [4.69, 9.17) is 23.2 Å². The molecule has 7 nitrogen and oxygen atoms in total. The van der Waals surface area contributed by atoms with Crippen LogP contribution in [0.5, 0.6) is 0 Å². The summed E-state index contributed by atoms with van der Waals surface area (Å²) in [5.74, 6) is -1.01. The van der Waals surface area contributed by atoms with Gasteiger partial charge in [0.25, 0.3) is 5.91 Å². The predicted octanol–water partition coefficient (Wildman–Crippen LogP) is 3.88. The van der Waals surface area contributed by atoms with Gasteiger partial charge in [-0.25, -0.2) is 8.42 Å². The van der Waals surface area contributed by atoms with Crippen molar-refractivity contribution < 1.29 is 18.0 Å². The molecule has 0 spiro atoms. The number of sulfonamides is 1. The van der Waals surface area contributed by atoms with E-state index in [1.165, 1.54) is 34.5 Å². The fourth-order valence-corrected chi connectivity index (χ4v) is 5.25. The van der Waals surface area contributed by atoms with Crippen LogP contribution in [0.25, 0.3) is 0 Å². The van der Waals surface area contributed by atoms with Gasteiger partial charge in [-0.3, -0.25) is 9.59 Å². The molecule has 1 fully saturated rings. The number of anilines is 1. The summed E-state index contributed by atoms with van der Waals surface area (Å²) >= 11 is 12.2. The molecule has 2 aromatic carbocycles. The Hall–Kier alpha value is -2.13. The van der Waals surface area contributed by atoms with Crippen molar-refractivity contribution in [2.75, 3.05) is 32.0 Å². The monoisotopic (exact) mass is 483 g/mol. The summed E-state index contributed by atoms with van der Waals surface area (Å²) in [4.78, 5) is 26.4. The van der Waals surface area contributed by atoms with Crippen molar-refractivity contribution in [3.05, 3.63) is 58.1 Å². The second-order valence-electron chi connectivity index (χ2n) is 7.30. The molecule has 0 aromatic heterocycles. The number of carbonyl (C=O) groups excluding carboxylic acids is 2. The zero-order valence-corrected chi connectivity index (χ0v) is 19.3. The summed E-state index contributed by atoms with van der Waals surface area (Å²) in [7, 11) is -2.28. The molecule has 0 aliphatic carbocycles. The van der Waals surface area contributed by atoms with Gasteiger partial charge >= 0.3 is 0 Å². The first-order chi connectivity index (χ1) is 14.7. The quantitative estimate of drug-likeness (QED) is 0.675. The van der Waals surface area contributed by atoms with Gasteiger partial charge in [-0.05, 0) is 43.2 Å². The van der Waals surface area contributed by atoms with E-state index in [1.807, 2.05) is 0 Å². The first-order valence-electron chi connectivity index (χ1n) is 9.79. The van der Waals surface area contributed by atoms with E-state index in [9.17, 15) is 18.0 Å². The number of rotatable bonds is 6. The number of para-hydroxylation sites is 1. The Labute approximate surface area is 192 Å². The lowest BCUT2D eigenvalue weighted by Gasteiger charge is -2.26. The van der Waals surface area contributed by atoms with Crippen molar-refractivity contribution in [3.8, 4) is 0 Å². The maximum atomic E-state index is 12.9. The number of piperidine rings is 1. The minimum atomic E-state index is -3.72. The third-order valence-electron chi connectivity index (χ3n) is 5.00. The van der Waals surface area contributed by atoms with E-state index in [1.54, 1.807) is 24.3 Å². The molecule has 0 atom stereocenters. The van der Waals surface area contributed by atoms with Gasteiger partial charge in [0.05, 0.1) is 32.7 Å². The number of carbonyl (C=O) groups is 2. The van der Waals surface area contributed by atoms with Gasteiger partial charge in [-0.2, -0.15) is 4.31 Å². The maximum absolute atomic E-state index is 12.9. The molecule has 1 heterocycles. The lowest BCUT2D eigenvalue weighted by Crippen LogP contribution is -2.36. The number of nitrogens with zero attached hydrogens (tertiary/aromatic N) is 2. The smallest absolute Gasteiger partial charge is 0.255 e. The van der Waals surface area contributed by atoms with Gasteiger partial charge in [-0.1, -0.05) is 41.8 Å². The van der Waals surface area contributed by atoms with Crippen LogP contribution in [-0.4, -0.2) is 56.1 Å². The van der Waals surface area contributed by atoms with Gasteiger partial charge in [0.15, 0.2) is 0 Å². The van der Waals surface area contributed by atoms with Crippen molar-refractivity contribution in [2.45, 2.75) is 24.2 Å². The summed E-state index contributed by atoms with van der Waals surface area (Å²) in [5.41, 5.74) is 0.454. The van der Waals surface area contributed by atoms with Crippen LogP contribution >= 0.6 is 23.2 Å². The molecule has 2 aromatic rings. The van der Waals surface area contributed by atoms with Crippen LogP contribution < -0.4 is 5.32 Å². The molecule has 3 rings (SSSR count). The van der Waals surface area contributed by atoms with Gasteiger partial charge in [0.2, 0.25) is 15.9 Å². The third-order valence-corrected chi connectivity index (χ3v) is 7.55. The van der Waals surface area contributed by atoms with Gasteiger partial charge < -0.3 is 10.2 Å². The molecule has 0 bridgehead atoms. The molecule has 10 heteroatoms. The Morgan fingerprint density at radius 3 is 2.39 bits per heavy atom. The lowest BCUT2D eigenvalue weighted by molar-refractivity contribution is -0.116. The van der Waals surface area contributed by atoms with E-state index in [-0.39, 0.29) is 22.0 Å². The molecule has 1 aliphatic heterocycles. The molecular weight excluding hydrogens is 461 g/mol. The minimum absolute atomic E-state index is 0.0102. The van der Waals surface area contributed by atoms with Crippen LogP contribution in [0, 0.1) is 0 Å². The number of amides is 2. The van der Waals surface area contributed by atoms with Crippen molar-refractivity contribution in [3.63, 3.8) is 0 Å². The van der Waals surface area contributed by atoms with Crippen LogP contribution in [-0.2, 0) is 14.8 Å². The molecule has 0 unspecified atom stereocenters. The van der Waals surface area contributed by atoms with Crippen molar-refractivity contribution in [2.24, 2.45) is 0 Å². The zero-order chi connectivity index (χ0) is 22.6. The maximum Gasteiger partial charge on any atom is 0.255 e. The van der Waals surface area contributed by atoms with Crippen LogP contribution in [0.15, 0.2) is 47.4 Å². The highest BCUT2D eigenvalue weighted by Gasteiger charge is 2.28. The molecule has 1 saturated heterocycles. The van der Waals surface area contributed by atoms with Gasteiger partial charge in [0, 0.05) is 20.1 Å². The summed E-state index contributed by atoms with van der Waals surface area (Å²) < 4.78 is 27.3. The predicted molar refractivity (Wildman–Crippen MR) is 121 cm³/mol. The van der Waals surface area contributed by atoms with Crippen LogP contribution in [0.2, 0.25) is 10.0 Å². The SMILES string of the molecule is CN(CC(=O)Nc1ccccc1Cl)C(=O)c1cc(S(=O)(=O)N2CCCCC2)ccc1Cl. The lowest BCUT2D eigenvalue weighted by atomic mass is 10.2. The average Bonchev–Trinajstić information content (AvgIpc) is 2.75. The second kappa shape index (κ2) is 9.99. The molecule has 2 amide bonds.